The predicted octanol–water partition coefficient (Wildman–Crippen LogP) is 1.16. The highest BCUT2D eigenvalue weighted by molar-refractivity contribution is 5.92. The van der Waals surface area contributed by atoms with E-state index in [1.54, 1.807) is 24.3 Å². The fourth-order valence-electron chi connectivity index (χ4n) is 2.33. The van der Waals surface area contributed by atoms with E-state index in [1.165, 1.54) is 27.5 Å². The van der Waals surface area contributed by atoms with Crippen LogP contribution in [0, 0.1) is 11.3 Å². The number of benzene rings is 1. The largest absolute Gasteiger partial charge is 0.493 e. The molecule has 1 aromatic heterocycles. The molecule has 2 aromatic rings. The number of carbonyl (C=O) groups excluding carboxylic acids is 2. The quantitative estimate of drug-likeness (QED) is 0.757. The van der Waals surface area contributed by atoms with Crippen molar-refractivity contribution in [3.05, 3.63) is 51.9 Å². The maximum Gasteiger partial charge on any atom is 0.339 e. The van der Waals surface area contributed by atoms with Gasteiger partial charge in [-0.25, -0.2) is 4.79 Å². The molecule has 0 aliphatic carbocycles. The Morgan fingerprint density at radius 3 is 2.44 bits per heavy atom. The molecule has 1 aromatic carbocycles. The first-order chi connectivity index (χ1) is 12.9. The van der Waals surface area contributed by atoms with Gasteiger partial charge in [-0.05, 0) is 18.2 Å². The number of hydrogen-bond acceptors (Lipinski definition) is 7. The summed E-state index contributed by atoms with van der Waals surface area (Å²) in [7, 11) is 4.13. The first kappa shape index (κ1) is 19.5. The summed E-state index contributed by atoms with van der Waals surface area (Å²) in [6, 6.07) is 7.61. The number of amides is 1. The zero-order chi connectivity index (χ0) is 20.0. The Morgan fingerprint density at radius 1 is 1.15 bits per heavy atom. The van der Waals surface area contributed by atoms with Crippen molar-refractivity contribution in [3.8, 4) is 17.6 Å². The van der Waals surface area contributed by atoms with Gasteiger partial charge in [-0.3, -0.25) is 9.59 Å². The molecule has 0 saturated carbocycles. The van der Waals surface area contributed by atoms with Gasteiger partial charge < -0.3 is 24.1 Å². The highest BCUT2D eigenvalue weighted by Crippen LogP contribution is 2.29. The standard InChI is InChI=1S/C18H17N3O6/c1-25-14-5-4-13(7-15(14)26-2)20-16(22)10-21-9-12(18(24)27-3)6-11(8-19)17(21)23/h4-7,9H,10H2,1-3H3,(H,20,22). The van der Waals surface area contributed by atoms with Gasteiger partial charge in [-0.2, -0.15) is 5.26 Å². The Labute approximate surface area is 154 Å². The maximum atomic E-state index is 12.3. The van der Waals surface area contributed by atoms with E-state index in [0.29, 0.717) is 17.2 Å². The van der Waals surface area contributed by atoms with E-state index in [-0.39, 0.29) is 11.1 Å². The molecule has 2 rings (SSSR count). The number of nitrogens with one attached hydrogen (secondary N) is 1. The number of methoxy groups -OCH3 is 3. The lowest BCUT2D eigenvalue weighted by Crippen LogP contribution is -2.29. The summed E-state index contributed by atoms with van der Waals surface area (Å²) >= 11 is 0. The molecule has 0 radical (unpaired) electrons. The van der Waals surface area contributed by atoms with E-state index in [2.05, 4.69) is 10.1 Å². The van der Waals surface area contributed by atoms with Crippen molar-refractivity contribution in [2.75, 3.05) is 26.6 Å². The molecule has 140 valence electrons. The van der Waals surface area contributed by atoms with Gasteiger partial charge in [0.2, 0.25) is 5.91 Å². The maximum absolute atomic E-state index is 12.3. The molecule has 1 N–H and O–H groups in total. The average molecular weight is 371 g/mol. The van der Waals surface area contributed by atoms with Crippen LogP contribution in [-0.2, 0) is 16.1 Å². The van der Waals surface area contributed by atoms with Crippen LogP contribution in [0.4, 0.5) is 5.69 Å². The van der Waals surface area contributed by atoms with Gasteiger partial charge in [0, 0.05) is 18.0 Å². The molecule has 1 heterocycles. The van der Waals surface area contributed by atoms with Crippen LogP contribution >= 0.6 is 0 Å². The van der Waals surface area contributed by atoms with Crippen LogP contribution in [0.1, 0.15) is 15.9 Å². The molecule has 0 fully saturated rings. The molecule has 0 bridgehead atoms. The molecule has 0 saturated heterocycles. The molecule has 1 amide bonds. The Morgan fingerprint density at radius 2 is 1.85 bits per heavy atom. The van der Waals surface area contributed by atoms with E-state index < -0.39 is 24.0 Å². The number of aromatic nitrogens is 1. The second-order valence-corrected chi connectivity index (χ2v) is 5.30. The third-order valence-corrected chi connectivity index (χ3v) is 3.61. The highest BCUT2D eigenvalue weighted by Gasteiger charge is 2.15. The molecule has 27 heavy (non-hydrogen) atoms. The second kappa shape index (κ2) is 8.53. The van der Waals surface area contributed by atoms with E-state index in [1.807, 2.05) is 0 Å². The minimum Gasteiger partial charge on any atom is -0.493 e. The average Bonchev–Trinajstić information content (AvgIpc) is 2.68. The van der Waals surface area contributed by atoms with Crippen molar-refractivity contribution < 1.29 is 23.8 Å². The van der Waals surface area contributed by atoms with Crippen LogP contribution in [0.25, 0.3) is 0 Å². The number of hydrogen-bond donors (Lipinski definition) is 1. The molecule has 0 atom stereocenters. The minimum atomic E-state index is -0.722. The van der Waals surface area contributed by atoms with Crippen molar-refractivity contribution in [2.45, 2.75) is 6.54 Å². The molecule has 0 aliphatic rings. The lowest BCUT2D eigenvalue weighted by Gasteiger charge is -2.12. The van der Waals surface area contributed by atoms with Gasteiger partial charge in [0.1, 0.15) is 18.2 Å². The number of nitrogens with zero attached hydrogens (tertiary/aromatic N) is 2. The Hall–Kier alpha value is -3.80. The van der Waals surface area contributed by atoms with E-state index in [9.17, 15) is 14.4 Å². The van der Waals surface area contributed by atoms with Crippen molar-refractivity contribution in [2.24, 2.45) is 0 Å². The molecular weight excluding hydrogens is 354 g/mol. The summed E-state index contributed by atoms with van der Waals surface area (Å²) in [5.41, 5.74) is -0.535. The van der Waals surface area contributed by atoms with Gasteiger partial charge in [-0.1, -0.05) is 0 Å². The molecule has 9 nitrogen and oxygen atoms in total. The summed E-state index contributed by atoms with van der Waals surface area (Å²) in [6.07, 6.45) is 1.17. The molecule has 0 spiro atoms. The number of rotatable bonds is 6. The number of pyridine rings is 1. The summed E-state index contributed by atoms with van der Waals surface area (Å²) < 4.78 is 15.8. The summed E-state index contributed by atoms with van der Waals surface area (Å²) in [5, 5.41) is 11.7. The zero-order valence-corrected chi connectivity index (χ0v) is 14.9. The fourth-order valence-corrected chi connectivity index (χ4v) is 2.33. The van der Waals surface area contributed by atoms with E-state index in [4.69, 9.17) is 14.7 Å². The predicted molar refractivity (Wildman–Crippen MR) is 94.9 cm³/mol. The van der Waals surface area contributed by atoms with Gasteiger partial charge in [0.15, 0.2) is 11.5 Å². The molecule has 0 unspecified atom stereocenters. The van der Waals surface area contributed by atoms with Crippen LogP contribution in [0.5, 0.6) is 11.5 Å². The van der Waals surface area contributed by atoms with Crippen LogP contribution < -0.4 is 20.3 Å². The molecule has 9 heteroatoms. The van der Waals surface area contributed by atoms with Crippen LogP contribution in [-0.4, -0.2) is 37.8 Å². The molecule has 0 aliphatic heterocycles. The number of carbonyl (C=O) groups is 2. The minimum absolute atomic E-state index is 0.00688. The highest BCUT2D eigenvalue weighted by atomic mass is 16.5. The SMILES string of the molecule is COC(=O)c1cc(C#N)c(=O)n(CC(=O)Nc2ccc(OC)c(OC)c2)c1. The first-order valence-corrected chi connectivity index (χ1v) is 7.68. The van der Waals surface area contributed by atoms with Crippen molar-refractivity contribution in [1.82, 2.24) is 4.57 Å². The number of ether oxygens (including phenoxy) is 3. The first-order valence-electron chi connectivity index (χ1n) is 7.68. The van der Waals surface area contributed by atoms with Crippen molar-refractivity contribution in [3.63, 3.8) is 0 Å². The summed E-state index contributed by atoms with van der Waals surface area (Å²) in [6.45, 7) is -0.396. The second-order valence-electron chi connectivity index (χ2n) is 5.30. The number of anilines is 1. The van der Waals surface area contributed by atoms with E-state index in [0.717, 1.165) is 10.6 Å². The molecular formula is C18H17N3O6. The van der Waals surface area contributed by atoms with Gasteiger partial charge in [-0.15, -0.1) is 0 Å². The van der Waals surface area contributed by atoms with Crippen LogP contribution in [0.3, 0.4) is 0 Å². The summed E-state index contributed by atoms with van der Waals surface area (Å²) in [4.78, 5) is 36.2. The topological polar surface area (TPSA) is 120 Å². The zero-order valence-electron chi connectivity index (χ0n) is 14.9. The van der Waals surface area contributed by atoms with Gasteiger partial charge in [0.05, 0.1) is 26.9 Å². The monoisotopic (exact) mass is 371 g/mol. The van der Waals surface area contributed by atoms with Gasteiger partial charge in [0.25, 0.3) is 5.56 Å². The van der Waals surface area contributed by atoms with Crippen LogP contribution in [0.2, 0.25) is 0 Å². The van der Waals surface area contributed by atoms with Crippen molar-refractivity contribution >= 4 is 17.6 Å². The third-order valence-electron chi connectivity index (χ3n) is 3.61. The smallest absolute Gasteiger partial charge is 0.339 e. The van der Waals surface area contributed by atoms with E-state index >= 15 is 0 Å². The number of esters is 1. The Balaban J connectivity index is 2.26. The van der Waals surface area contributed by atoms with Crippen molar-refractivity contribution in [1.29, 1.82) is 5.26 Å². The number of nitriles is 1. The normalized spacial score (nSPS) is 9.85. The van der Waals surface area contributed by atoms with Gasteiger partial charge >= 0.3 is 5.97 Å². The lowest BCUT2D eigenvalue weighted by atomic mass is 10.2. The fraction of sp³-hybridized carbons (Fsp3) is 0.222. The summed E-state index contributed by atoms with van der Waals surface area (Å²) in [5.74, 6) is -0.334. The lowest BCUT2D eigenvalue weighted by molar-refractivity contribution is -0.116. The Bertz CT molecular complexity index is 974. The van der Waals surface area contributed by atoms with Crippen LogP contribution in [0.15, 0.2) is 35.3 Å². The third kappa shape index (κ3) is 4.43. The Kier molecular flexibility index (Phi) is 6.17.